The van der Waals surface area contributed by atoms with Crippen LogP contribution in [0.4, 0.5) is 11.4 Å². The maximum absolute atomic E-state index is 10.8. The monoisotopic (exact) mass is 282 g/mol. The van der Waals surface area contributed by atoms with Gasteiger partial charge in [0.2, 0.25) is 0 Å². The molecule has 0 aliphatic carbocycles. The highest BCUT2D eigenvalue weighted by molar-refractivity contribution is 8.00. The molecule has 2 unspecified atom stereocenters. The average Bonchev–Trinajstić information content (AvgIpc) is 2.41. The van der Waals surface area contributed by atoms with E-state index in [2.05, 4.69) is 18.7 Å². The third-order valence-corrected chi connectivity index (χ3v) is 4.98. The summed E-state index contributed by atoms with van der Waals surface area (Å²) in [6.45, 7) is 5.06. The van der Waals surface area contributed by atoms with Crippen molar-refractivity contribution < 1.29 is 10.0 Å². The molecule has 0 spiro atoms. The van der Waals surface area contributed by atoms with Crippen LogP contribution in [0.2, 0.25) is 0 Å². The van der Waals surface area contributed by atoms with E-state index in [0.717, 1.165) is 18.0 Å². The first-order valence-corrected chi connectivity index (χ1v) is 7.36. The summed E-state index contributed by atoms with van der Waals surface area (Å²) < 4.78 is 0. The Balaban J connectivity index is 2.35. The summed E-state index contributed by atoms with van der Waals surface area (Å²) in [4.78, 5) is 12.6. The maximum Gasteiger partial charge on any atom is 0.269 e. The first-order valence-electron chi connectivity index (χ1n) is 6.31. The molecule has 1 aromatic carbocycles. The molecule has 0 saturated carbocycles. The van der Waals surface area contributed by atoms with Gasteiger partial charge >= 0.3 is 0 Å². The van der Waals surface area contributed by atoms with Crippen molar-refractivity contribution >= 4 is 23.1 Å². The Morgan fingerprint density at radius 2 is 2.26 bits per heavy atom. The molecule has 1 aliphatic rings. The van der Waals surface area contributed by atoms with Gasteiger partial charge in [-0.25, -0.2) is 0 Å². The number of hydrogen-bond donors (Lipinski definition) is 1. The third-order valence-electron chi connectivity index (χ3n) is 3.64. The number of hydrogen-bond acceptors (Lipinski definition) is 5. The standard InChI is InChI=1S/C13H18N2O3S/c1-9-10(2)19-6-5-14(9)13-4-3-12(15(17)18)7-11(13)8-16/h3-4,7,9-10,16H,5-6,8H2,1-2H3. The van der Waals surface area contributed by atoms with Gasteiger partial charge in [-0.3, -0.25) is 10.1 Å². The van der Waals surface area contributed by atoms with Gasteiger partial charge in [-0.05, 0) is 13.0 Å². The summed E-state index contributed by atoms with van der Waals surface area (Å²) in [6, 6.07) is 5.08. The largest absolute Gasteiger partial charge is 0.392 e. The summed E-state index contributed by atoms with van der Waals surface area (Å²) >= 11 is 1.93. The van der Waals surface area contributed by atoms with Crippen LogP contribution in [0.15, 0.2) is 18.2 Å². The number of benzene rings is 1. The van der Waals surface area contributed by atoms with Gasteiger partial charge in [0, 0.05) is 47.0 Å². The summed E-state index contributed by atoms with van der Waals surface area (Å²) in [5.74, 6) is 1.04. The van der Waals surface area contributed by atoms with Gasteiger partial charge in [0.15, 0.2) is 0 Å². The molecule has 0 aromatic heterocycles. The van der Waals surface area contributed by atoms with Crippen LogP contribution in [0, 0.1) is 10.1 Å². The minimum atomic E-state index is -0.430. The van der Waals surface area contributed by atoms with Gasteiger partial charge < -0.3 is 10.0 Å². The zero-order valence-corrected chi connectivity index (χ0v) is 11.9. The zero-order valence-electron chi connectivity index (χ0n) is 11.1. The van der Waals surface area contributed by atoms with Crippen molar-refractivity contribution in [1.29, 1.82) is 0 Å². The fraction of sp³-hybridized carbons (Fsp3) is 0.538. The van der Waals surface area contributed by atoms with Crippen molar-refractivity contribution in [2.24, 2.45) is 0 Å². The molecule has 6 heteroatoms. The molecule has 1 N–H and O–H groups in total. The number of nitro benzene ring substituents is 1. The Labute approximate surface area is 116 Å². The molecule has 1 heterocycles. The van der Waals surface area contributed by atoms with E-state index in [-0.39, 0.29) is 12.3 Å². The van der Waals surface area contributed by atoms with E-state index in [1.54, 1.807) is 6.07 Å². The Bertz CT molecular complexity index is 481. The highest BCUT2D eigenvalue weighted by atomic mass is 32.2. The second kappa shape index (κ2) is 5.79. The third kappa shape index (κ3) is 2.84. The number of aliphatic hydroxyl groups excluding tert-OH is 1. The summed E-state index contributed by atoms with van der Waals surface area (Å²) in [7, 11) is 0. The molecule has 19 heavy (non-hydrogen) atoms. The topological polar surface area (TPSA) is 66.6 Å². The molecular formula is C13H18N2O3S. The summed E-state index contributed by atoms with van der Waals surface area (Å²) in [6.07, 6.45) is 0. The molecular weight excluding hydrogens is 264 g/mol. The SMILES string of the molecule is CC1SCCN(c2ccc([N+](=O)[O-])cc2CO)C1C. The predicted octanol–water partition coefficient (Wildman–Crippen LogP) is 2.42. The Morgan fingerprint density at radius 1 is 1.53 bits per heavy atom. The quantitative estimate of drug-likeness (QED) is 0.681. The molecule has 0 bridgehead atoms. The van der Waals surface area contributed by atoms with E-state index in [1.807, 2.05) is 11.8 Å². The summed E-state index contributed by atoms with van der Waals surface area (Å²) in [5, 5.41) is 20.7. The van der Waals surface area contributed by atoms with Crippen molar-refractivity contribution in [3.05, 3.63) is 33.9 Å². The Morgan fingerprint density at radius 3 is 2.89 bits per heavy atom. The normalized spacial score (nSPS) is 23.4. The van der Waals surface area contributed by atoms with Crippen LogP contribution in [0.25, 0.3) is 0 Å². The van der Waals surface area contributed by atoms with Crippen LogP contribution < -0.4 is 4.90 Å². The van der Waals surface area contributed by atoms with Crippen LogP contribution in [0.1, 0.15) is 19.4 Å². The molecule has 1 saturated heterocycles. The van der Waals surface area contributed by atoms with Gasteiger partial charge in [0.25, 0.3) is 5.69 Å². The molecule has 5 nitrogen and oxygen atoms in total. The van der Waals surface area contributed by atoms with Crippen LogP contribution in [0.3, 0.4) is 0 Å². The van der Waals surface area contributed by atoms with E-state index in [9.17, 15) is 15.2 Å². The minimum Gasteiger partial charge on any atom is -0.392 e. The van der Waals surface area contributed by atoms with Crippen LogP contribution in [-0.4, -0.2) is 33.6 Å². The highest BCUT2D eigenvalue weighted by Crippen LogP contribution is 2.32. The lowest BCUT2D eigenvalue weighted by Crippen LogP contribution is -2.45. The first kappa shape index (κ1) is 14.1. The van der Waals surface area contributed by atoms with Crippen LogP contribution >= 0.6 is 11.8 Å². The zero-order chi connectivity index (χ0) is 14.0. The van der Waals surface area contributed by atoms with Crippen molar-refractivity contribution in [1.82, 2.24) is 0 Å². The van der Waals surface area contributed by atoms with Gasteiger partial charge in [-0.2, -0.15) is 11.8 Å². The number of aliphatic hydroxyl groups is 1. The molecule has 2 atom stereocenters. The van der Waals surface area contributed by atoms with Crippen LogP contribution in [-0.2, 0) is 6.61 Å². The lowest BCUT2D eigenvalue weighted by atomic mass is 10.1. The lowest BCUT2D eigenvalue weighted by molar-refractivity contribution is -0.384. The van der Waals surface area contributed by atoms with Gasteiger partial charge in [0.1, 0.15) is 0 Å². The Hall–Kier alpha value is -1.27. The van der Waals surface area contributed by atoms with E-state index < -0.39 is 4.92 Å². The number of non-ortho nitro benzene ring substituents is 1. The minimum absolute atomic E-state index is 0.0277. The van der Waals surface area contributed by atoms with Crippen LogP contribution in [0.5, 0.6) is 0 Å². The van der Waals surface area contributed by atoms with Gasteiger partial charge in [-0.1, -0.05) is 6.92 Å². The van der Waals surface area contributed by atoms with E-state index >= 15 is 0 Å². The maximum atomic E-state index is 10.8. The second-order valence-electron chi connectivity index (χ2n) is 4.74. The molecule has 104 valence electrons. The smallest absolute Gasteiger partial charge is 0.269 e. The summed E-state index contributed by atoms with van der Waals surface area (Å²) in [5.41, 5.74) is 1.56. The number of thioether (sulfide) groups is 1. The predicted molar refractivity (Wildman–Crippen MR) is 77.7 cm³/mol. The van der Waals surface area contributed by atoms with Crippen molar-refractivity contribution in [3.63, 3.8) is 0 Å². The molecule has 0 amide bonds. The molecule has 2 rings (SSSR count). The fourth-order valence-corrected chi connectivity index (χ4v) is 3.46. The molecule has 1 aromatic rings. The second-order valence-corrected chi connectivity index (χ2v) is 6.22. The number of rotatable bonds is 3. The van der Waals surface area contributed by atoms with E-state index in [0.29, 0.717) is 16.9 Å². The lowest BCUT2D eigenvalue weighted by Gasteiger charge is -2.40. The average molecular weight is 282 g/mol. The van der Waals surface area contributed by atoms with Crippen molar-refractivity contribution in [3.8, 4) is 0 Å². The number of nitrogens with zero attached hydrogens (tertiary/aromatic N) is 2. The van der Waals surface area contributed by atoms with Crippen molar-refractivity contribution in [2.45, 2.75) is 31.7 Å². The number of nitro groups is 1. The van der Waals surface area contributed by atoms with Gasteiger partial charge in [-0.15, -0.1) is 0 Å². The first-order chi connectivity index (χ1) is 9.04. The number of anilines is 1. The van der Waals surface area contributed by atoms with E-state index in [1.165, 1.54) is 12.1 Å². The molecule has 0 radical (unpaired) electrons. The highest BCUT2D eigenvalue weighted by Gasteiger charge is 2.27. The Kier molecular flexibility index (Phi) is 4.31. The molecule has 1 fully saturated rings. The van der Waals surface area contributed by atoms with Gasteiger partial charge in [0.05, 0.1) is 11.5 Å². The fourth-order valence-electron chi connectivity index (χ4n) is 2.37. The van der Waals surface area contributed by atoms with E-state index in [4.69, 9.17) is 0 Å². The molecule has 1 aliphatic heterocycles. The van der Waals surface area contributed by atoms with Crippen molar-refractivity contribution in [2.75, 3.05) is 17.2 Å².